The van der Waals surface area contributed by atoms with Crippen LogP contribution in [0.2, 0.25) is 0 Å². The van der Waals surface area contributed by atoms with Crippen molar-refractivity contribution in [2.45, 2.75) is 26.8 Å². The van der Waals surface area contributed by atoms with Crippen molar-refractivity contribution in [1.29, 1.82) is 0 Å². The number of nitrogens with zero attached hydrogens (tertiary/aromatic N) is 2. The highest BCUT2D eigenvalue weighted by molar-refractivity contribution is 9.10. The van der Waals surface area contributed by atoms with Gasteiger partial charge in [-0.25, -0.2) is 0 Å². The minimum atomic E-state index is 0.541. The van der Waals surface area contributed by atoms with E-state index in [2.05, 4.69) is 58.9 Å². The van der Waals surface area contributed by atoms with Crippen molar-refractivity contribution in [1.82, 2.24) is 4.90 Å². The van der Waals surface area contributed by atoms with Crippen molar-refractivity contribution >= 4 is 15.9 Å². The predicted molar refractivity (Wildman–Crippen MR) is 85.1 cm³/mol. The van der Waals surface area contributed by atoms with Gasteiger partial charge in [-0.2, -0.15) is 0 Å². The van der Waals surface area contributed by atoms with Crippen molar-refractivity contribution in [3.63, 3.8) is 0 Å². The molecule has 5 rings (SSSR count). The molecule has 1 aromatic carbocycles. The van der Waals surface area contributed by atoms with E-state index in [9.17, 15) is 0 Å². The van der Waals surface area contributed by atoms with Crippen molar-refractivity contribution in [3.05, 3.63) is 34.3 Å². The number of quaternary nitrogens is 1. The molecule has 0 saturated carbocycles. The van der Waals surface area contributed by atoms with Gasteiger partial charge in [0.15, 0.2) is 0 Å². The number of rotatable bonds is 2. The molecule has 0 N–H and O–H groups in total. The van der Waals surface area contributed by atoms with Gasteiger partial charge in [-0.1, -0.05) is 41.9 Å². The summed E-state index contributed by atoms with van der Waals surface area (Å²) in [7, 11) is 0. The smallest absolute Gasteiger partial charge is 0.135 e. The quantitative estimate of drug-likeness (QED) is 0.748. The number of hydrogen-bond acceptors (Lipinski definition) is 1. The van der Waals surface area contributed by atoms with Crippen LogP contribution in [0, 0.1) is 10.8 Å². The molecule has 3 heteroatoms. The maximum absolute atomic E-state index is 3.54. The van der Waals surface area contributed by atoms with E-state index in [1.165, 1.54) is 60.3 Å². The second kappa shape index (κ2) is 4.08. The lowest BCUT2D eigenvalue weighted by molar-refractivity contribution is -0.981. The first-order valence-corrected chi connectivity index (χ1v) is 8.49. The lowest BCUT2D eigenvalue weighted by atomic mass is 9.63. The van der Waals surface area contributed by atoms with Crippen LogP contribution in [0.3, 0.4) is 0 Å². The molecule has 2 nitrogen and oxygen atoms in total. The van der Waals surface area contributed by atoms with Crippen LogP contribution < -0.4 is 0 Å². The van der Waals surface area contributed by atoms with Crippen LogP contribution in [0.5, 0.6) is 0 Å². The molecule has 0 spiro atoms. The zero-order valence-electron chi connectivity index (χ0n) is 12.5. The van der Waals surface area contributed by atoms with Crippen molar-refractivity contribution < 1.29 is 4.48 Å². The number of hydrogen-bond donors (Lipinski definition) is 0. The third kappa shape index (κ3) is 2.15. The maximum atomic E-state index is 3.54. The Balaban J connectivity index is 1.65. The monoisotopic (exact) mass is 335 g/mol. The van der Waals surface area contributed by atoms with Gasteiger partial charge >= 0.3 is 0 Å². The summed E-state index contributed by atoms with van der Waals surface area (Å²) in [5, 5.41) is 0. The molecule has 4 fully saturated rings. The molecule has 0 radical (unpaired) electrons. The predicted octanol–water partition coefficient (Wildman–Crippen LogP) is 3.47. The maximum Gasteiger partial charge on any atom is 0.135 e. The Hall–Kier alpha value is -0.380. The first kappa shape index (κ1) is 13.3. The number of benzene rings is 1. The third-order valence-corrected chi connectivity index (χ3v) is 5.96. The molecule has 4 saturated heterocycles. The standard InChI is InChI=1S/C17H24BrN2/c1-16-8-17(2)10-19(9-16)13-20(11-16,12-17)7-14-3-5-15(18)6-4-14/h3-6H,7-13H2,1-2H3/q+1. The molecule has 2 atom stereocenters. The highest BCUT2D eigenvalue weighted by atomic mass is 79.9. The van der Waals surface area contributed by atoms with Crippen LogP contribution in [0.4, 0.5) is 0 Å². The Kier molecular flexibility index (Phi) is 2.72. The van der Waals surface area contributed by atoms with Crippen molar-refractivity contribution in [3.8, 4) is 0 Å². The summed E-state index contributed by atoms with van der Waals surface area (Å²) < 4.78 is 2.47. The van der Waals surface area contributed by atoms with Gasteiger partial charge < -0.3 is 4.48 Å². The van der Waals surface area contributed by atoms with Crippen molar-refractivity contribution in [2.24, 2.45) is 10.8 Å². The normalized spacial score (nSPS) is 45.9. The SMILES string of the molecule is CC12CN3CC(C)(C1)C[N+](Cc1ccc(Br)cc1)(C3)C2. The van der Waals surface area contributed by atoms with Gasteiger partial charge in [0.05, 0.1) is 13.1 Å². The molecular weight excluding hydrogens is 312 g/mol. The fourth-order valence-corrected chi connectivity index (χ4v) is 6.19. The summed E-state index contributed by atoms with van der Waals surface area (Å²) in [5.41, 5.74) is 2.57. The Labute approximate surface area is 130 Å². The van der Waals surface area contributed by atoms with Crippen LogP contribution in [0.1, 0.15) is 25.8 Å². The van der Waals surface area contributed by atoms with Gasteiger partial charge in [-0.15, -0.1) is 0 Å². The summed E-state index contributed by atoms with van der Waals surface area (Å²) in [6, 6.07) is 8.95. The lowest BCUT2D eigenvalue weighted by Crippen LogP contribution is -2.77. The minimum Gasteiger partial charge on any atom is -0.306 e. The van der Waals surface area contributed by atoms with Gasteiger partial charge in [0.1, 0.15) is 13.2 Å². The van der Waals surface area contributed by atoms with Crippen LogP contribution in [-0.4, -0.2) is 42.2 Å². The van der Waals surface area contributed by atoms with E-state index in [-0.39, 0.29) is 0 Å². The Morgan fingerprint density at radius 3 is 2.25 bits per heavy atom. The second-order valence-corrected chi connectivity index (χ2v) is 9.28. The average Bonchev–Trinajstić information content (AvgIpc) is 2.27. The highest BCUT2D eigenvalue weighted by Gasteiger charge is 2.60. The molecule has 4 bridgehead atoms. The molecule has 108 valence electrons. The van der Waals surface area contributed by atoms with Crippen LogP contribution in [-0.2, 0) is 6.54 Å². The average molecular weight is 336 g/mol. The summed E-state index contributed by atoms with van der Waals surface area (Å²) >= 11 is 3.54. The van der Waals surface area contributed by atoms with Gasteiger partial charge in [-0.05, 0) is 18.6 Å². The fraction of sp³-hybridized carbons (Fsp3) is 0.647. The Morgan fingerprint density at radius 1 is 1.10 bits per heavy atom. The van der Waals surface area contributed by atoms with Crippen LogP contribution in [0.25, 0.3) is 0 Å². The highest BCUT2D eigenvalue weighted by Crippen LogP contribution is 2.52. The van der Waals surface area contributed by atoms with Crippen LogP contribution in [0.15, 0.2) is 28.7 Å². The first-order chi connectivity index (χ1) is 9.38. The number of halogens is 1. The molecule has 0 aromatic heterocycles. The number of piperidine rings is 2. The van der Waals surface area contributed by atoms with E-state index >= 15 is 0 Å². The molecule has 2 unspecified atom stereocenters. The Morgan fingerprint density at radius 2 is 1.70 bits per heavy atom. The second-order valence-electron chi connectivity index (χ2n) is 8.37. The van der Waals surface area contributed by atoms with E-state index in [4.69, 9.17) is 0 Å². The molecule has 4 aliphatic heterocycles. The molecule has 4 aliphatic rings. The van der Waals surface area contributed by atoms with Gasteiger partial charge in [0, 0.05) is 34.0 Å². The zero-order chi connectivity index (χ0) is 14.0. The first-order valence-electron chi connectivity index (χ1n) is 7.70. The largest absolute Gasteiger partial charge is 0.306 e. The van der Waals surface area contributed by atoms with Gasteiger partial charge in [0.25, 0.3) is 0 Å². The summed E-state index contributed by atoms with van der Waals surface area (Å²) in [6.07, 6.45) is 1.43. The van der Waals surface area contributed by atoms with Crippen LogP contribution >= 0.6 is 15.9 Å². The molecule has 0 amide bonds. The lowest BCUT2D eigenvalue weighted by Gasteiger charge is -2.66. The van der Waals surface area contributed by atoms with E-state index in [0.29, 0.717) is 10.8 Å². The zero-order valence-corrected chi connectivity index (χ0v) is 14.1. The topological polar surface area (TPSA) is 3.24 Å². The molecule has 0 aliphatic carbocycles. The van der Waals surface area contributed by atoms with Crippen molar-refractivity contribution in [2.75, 3.05) is 32.8 Å². The summed E-state index contributed by atoms with van der Waals surface area (Å²) in [5.74, 6) is 0. The molecule has 4 heterocycles. The van der Waals surface area contributed by atoms with Gasteiger partial charge in [-0.3, -0.25) is 4.90 Å². The molecule has 1 aromatic rings. The van der Waals surface area contributed by atoms with E-state index in [1.807, 2.05) is 0 Å². The van der Waals surface area contributed by atoms with E-state index in [1.54, 1.807) is 0 Å². The molecule has 20 heavy (non-hydrogen) atoms. The Bertz CT molecular complexity index is 520. The third-order valence-electron chi connectivity index (χ3n) is 5.43. The molecular formula is C17H24BrN2+. The summed E-state index contributed by atoms with van der Waals surface area (Å²) in [4.78, 5) is 2.73. The minimum absolute atomic E-state index is 0.541. The fourth-order valence-electron chi connectivity index (χ4n) is 5.93. The van der Waals surface area contributed by atoms with E-state index < -0.39 is 0 Å². The van der Waals surface area contributed by atoms with Gasteiger partial charge in [0.2, 0.25) is 0 Å². The van der Waals surface area contributed by atoms with E-state index in [0.717, 1.165) is 0 Å². The summed E-state index contributed by atoms with van der Waals surface area (Å²) in [6.45, 7) is 12.9.